The van der Waals surface area contributed by atoms with Gasteiger partial charge in [-0.2, -0.15) is 5.10 Å². The predicted octanol–water partition coefficient (Wildman–Crippen LogP) is 2.59. The highest BCUT2D eigenvalue weighted by Gasteiger charge is 2.05. The van der Waals surface area contributed by atoms with Crippen molar-refractivity contribution in [3.05, 3.63) is 44.7 Å². The minimum Gasteiger partial charge on any atom is -0.326 e. The van der Waals surface area contributed by atoms with Crippen molar-refractivity contribution in [3.8, 4) is 5.69 Å². The van der Waals surface area contributed by atoms with Crippen LogP contribution in [0.1, 0.15) is 5.56 Å². The van der Waals surface area contributed by atoms with Crippen LogP contribution in [0.4, 0.5) is 0 Å². The highest BCUT2D eigenvalue weighted by atomic mass is 127. The Labute approximate surface area is 106 Å². The third-order valence-electron chi connectivity index (χ3n) is 2.06. The Morgan fingerprint density at radius 1 is 1.47 bits per heavy atom. The van der Waals surface area contributed by atoms with Crippen molar-refractivity contribution in [1.29, 1.82) is 0 Å². The van der Waals surface area contributed by atoms with Gasteiger partial charge in [0.1, 0.15) is 0 Å². The summed E-state index contributed by atoms with van der Waals surface area (Å²) in [6.45, 7) is 0.451. The predicted molar refractivity (Wildman–Crippen MR) is 69.2 cm³/mol. The molecule has 0 fully saturated rings. The van der Waals surface area contributed by atoms with Gasteiger partial charge in [0.2, 0.25) is 0 Å². The molecule has 2 rings (SSSR count). The molecular weight excluding hydrogens is 324 g/mol. The molecule has 2 aromatic rings. The molecule has 0 saturated carbocycles. The summed E-state index contributed by atoms with van der Waals surface area (Å²) in [6, 6.07) is 5.63. The molecule has 0 saturated heterocycles. The van der Waals surface area contributed by atoms with Gasteiger partial charge in [0.15, 0.2) is 0 Å². The molecule has 0 amide bonds. The summed E-state index contributed by atoms with van der Waals surface area (Å²) >= 11 is 8.12. The van der Waals surface area contributed by atoms with E-state index in [0.717, 1.165) is 14.8 Å². The lowest BCUT2D eigenvalue weighted by atomic mass is 10.2. The molecule has 0 atom stereocenters. The van der Waals surface area contributed by atoms with Crippen LogP contribution in [-0.4, -0.2) is 9.78 Å². The smallest absolute Gasteiger partial charge is 0.0691 e. The second-order valence-electron chi connectivity index (χ2n) is 3.08. The van der Waals surface area contributed by atoms with Crippen LogP contribution in [0.3, 0.4) is 0 Å². The van der Waals surface area contributed by atoms with E-state index in [0.29, 0.717) is 11.6 Å². The summed E-state index contributed by atoms with van der Waals surface area (Å²) in [5.74, 6) is 0. The number of hydrogen-bond acceptors (Lipinski definition) is 2. The molecule has 0 radical (unpaired) electrons. The van der Waals surface area contributed by atoms with Crippen molar-refractivity contribution in [2.75, 3.05) is 0 Å². The van der Waals surface area contributed by atoms with Crippen LogP contribution in [0.2, 0.25) is 5.02 Å². The number of benzene rings is 1. The van der Waals surface area contributed by atoms with E-state index < -0.39 is 0 Å². The maximum absolute atomic E-state index is 5.90. The van der Waals surface area contributed by atoms with E-state index >= 15 is 0 Å². The van der Waals surface area contributed by atoms with Crippen molar-refractivity contribution in [1.82, 2.24) is 9.78 Å². The fourth-order valence-corrected chi connectivity index (χ4v) is 1.96. The Balaban J connectivity index is 2.52. The molecule has 0 aliphatic rings. The fraction of sp³-hybridized carbons (Fsp3) is 0.100. The van der Waals surface area contributed by atoms with Gasteiger partial charge in [-0.1, -0.05) is 11.6 Å². The van der Waals surface area contributed by atoms with Gasteiger partial charge in [-0.15, -0.1) is 0 Å². The second-order valence-corrected chi connectivity index (χ2v) is 4.76. The first-order valence-corrected chi connectivity index (χ1v) is 5.85. The van der Waals surface area contributed by atoms with Gasteiger partial charge >= 0.3 is 0 Å². The number of hydrogen-bond donors (Lipinski definition) is 1. The lowest BCUT2D eigenvalue weighted by Gasteiger charge is -2.07. The van der Waals surface area contributed by atoms with E-state index in [1.807, 2.05) is 24.4 Å². The summed E-state index contributed by atoms with van der Waals surface area (Å²) in [5.41, 5.74) is 7.63. The molecule has 0 unspecified atom stereocenters. The Bertz CT molecular complexity index is 481. The number of aromatic nitrogens is 2. The quantitative estimate of drug-likeness (QED) is 0.859. The number of rotatable bonds is 2. The van der Waals surface area contributed by atoms with Crippen LogP contribution in [-0.2, 0) is 6.54 Å². The van der Waals surface area contributed by atoms with E-state index in [1.54, 1.807) is 10.9 Å². The van der Waals surface area contributed by atoms with Crippen molar-refractivity contribution in [2.45, 2.75) is 6.54 Å². The molecule has 1 aromatic carbocycles. The summed E-state index contributed by atoms with van der Waals surface area (Å²) in [5, 5.41) is 4.93. The van der Waals surface area contributed by atoms with Crippen molar-refractivity contribution < 1.29 is 0 Å². The molecular formula is C10H9ClIN3. The molecule has 15 heavy (non-hydrogen) atoms. The topological polar surface area (TPSA) is 43.8 Å². The van der Waals surface area contributed by atoms with E-state index in [-0.39, 0.29) is 0 Å². The lowest BCUT2D eigenvalue weighted by molar-refractivity contribution is 0.858. The van der Waals surface area contributed by atoms with E-state index in [4.69, 9.17) is 17.3 Å². The van der Waals surface area contributed by atoms with Gasteiger partial charge in [0, 0.05) is 17.8 Å². The van der Waals surface area contributed by atoms with Gasteiger partial charge in [-0.25, -0.2) is 4.68 Å². The van der Waals surface area contributed by atoms with Crippen LogP contribution in [0, 0.1) is 3.57 Å². The number of nitrogens with two attached hydrogens (primary N) is 1. The zero-order valence-electron chi connectivity index (χ0n) is 7.82. The molecule has 5 heteroatoms. The van der Waals surface area contributed by atoms with Crippen LogP contribution in [0.5, 0.6) is 0 Å². The van der Waals surface area contributed by atoms with E-state index in [2.05, 4.69) is 27.7 Å². The minimum atomic E-state index is 0.451. The molecule has 0 aliphatic heterocycles. The van der Waals surface area contributed by atoms with Crippen molar-refractivity contribution in [2.24, 2.45) is 5.73 Å². The Kier molecular flexibility index (Phi) is 3.28. The third-order valence-corrected chi connectivity index (χ3v) is 2.85. The maximum Gasteiger partial charge on any atom is 0.0691 e. The second kappa shape index (κ2) is 4.51. The first-order chi connectivity index (χ1) is 7.20. The first-order valence-electron chi connectivity index (χ1n) is 4.40. The molecule has 0 bridgehead atoms. The molecule has 0 aliphatic carbocycles. The Hall–Kier alpha value is -0.590. The SMILES string of the molecule is NCc1cc(Cl)ccc1-n1cc(I)cn1. The zero-order chi connectivity index (χ0) is 10.8. The van der Waals surface area contributed by atoms with Gasteiger partial charge in [0.05, 0.1) is 15.5 Å². The highest BCUT2D eigenvalue weighted by molar-refractivity contribution is 14.1. The van der Waals surface area contributed by atoms with E-state index in [1.165, 1.54) is 0 Å². The zero-order valence-corrected chi connectivity index (χ0v) is 10.7. The Morgan fingerprint density at radius 3 is 2.87 bits per heavy atom. The fourth-order valence-electron chi connectivity index (χ4n) is 1.37. The monoisotopic (exact) mass is 333 g/mol. The normalized spacial score (nSPS) is 10.6. The molecule has 1 heterocycles. The highest BCUT2D eigenvalue weighted by Crippen LogP contribution is 2.19. The van der Waals surface area contributed by atoms with Crippen LogP contribution < -0.4 is 5.73 Å². The Morgan fingerprint density at radius 2 is 2.27 bits per heavy atom. The van der Waals surface area contributed by atoms with Crippen molar-refractivity contribution >= 4 is 34.2 Å². The summed E-state index contributed by atoms with van der Waals surface area (Å²) < 4.78 is 2.89. The molecule has 2 N–H and O–H groups in total. The molecule has 1 aromatic heterocycles. The average molecular weight is 334 g/mol. The van der Waals surface area contributed by atoms with Crippen LogP contribution in [0.15, 0.2) is 30.6 Å². The summed E-state index contributed by atoms with van der Waals surface area (Å²) in [7, 11) is 0. The largest absolute Gasteiger partial charge is 0.326 e. The minimum absolute atomic E-state index is 0.451. The molecule has 3 nitrogen and oxygen atoms in total. The number of halogens is 2. The van der Waals surface area contributed by atoms with Crippen LogP contribution >= 0.6 is 34.2 Å². The van der Waals surface area contributed by atoms with Crippen molar-refractivity contribution in [3.63, 3.8) is 0 Å². The van der Waals surface area contributed by atoms with Gasteiger partial charge in [-0.05, 0) is 46.4 Å². The molecule has 78 valence electrons. The van der Waals surface area contributed by atoms with Gasteiger partial charge in [-0.3, -0.25) is 0 Å². The summed E-state index contributed by atoms with van der Waals surface area (Å²) in [4.78, 5) is 0. The van der Waals surface area contributed by atoms with Gasteiger partial charge in [0.25, 0.3) is 0 Å². The van der Waals surface area contributed by atoms with Crippen LogP contribution in [0.25, 0.3) is 5.69 Å². The van der Waals surface area contributed by atoms with E-state index in [9.17, 15) is 0 Å². The molecule has 0 spiro atoms. The third kappa shape index (κ3) is 2.32. The first kappa shape index (κ1) is 10.9. The standard InChI is InChI=1S/C10H9ClIN3/c11-8-1-2-10(7(3-8)4-13)15-6-9(12)5-14-15/h1-3,5-6H,4,13H2. The number of nitrogens with zero attached hydrogens (tertiary/aromatic N) is 2. The maximum atomic E-state index is 5.90. The summed E-state index contributed by atoms with van der Waals surface area (Å²) in [6.07, 6.45) is 3.75. The van der Waals surface area contributed by atoms with Gasteiger partial charge < -0.3 is 5.73 Å². The lowest BCUT2D eigenvalue weighted by Crippen LogP contribution is -2.04. The average Bonchev–Trinajstić information content (AvgIpc) is 2.64.